The molecule has 0 N–H and O–H groups in total. The maximum atomic E-state index is 12.4. The Morgan fingerprint density at radius 3 is 2.74 bits per heavy atom. The predicted octanol–water partition coefficient (Wildman–Crippen LogP) is 4.13. The average molecular weight is 311 g/mol. The van der Waals surface area contributed by atoms with Crippen LogP contribution in [0.5, 0.6) is 0 Å². The lowest BCUT2D eigenvalue weighted by Crippen LogP contribution is -2.56. The Hall–Kier alpha value is -1.82. The van der Waals surface area contributed by atoms with E-state index in [-0.39, 0.29) is 11.4 Å². The monoisotopic (exact) mass is 311 g/mol. The lowest BCUT2D eigenvalue weighted by atomic mass is 9.44. The van der Waals surface area contributed by atoms with Crippen molar-refractivity contribution in [1.29, 1.82) is 5.26 Å². The highest BCUT2D eigenvalue weighted by atomic mass is 16.5. The van der Waals surface area contributed by atoms with Gasteiger partial charge >= 0.3 is 5.97 Å². The molecule has 3 rings (SSSR count). The molecule has 1 aromatic carbocycles. The van der Waals surface area contributed by atoms with Crippen molar-refractivity contribution < 1.29 is 9.53 Å². The molecule has 0 saturated heterocycles. The zero-order valence-electron chi connectivity index (χ0n) is 13.8. The highest BCUT2D eigenvalue weighted by Crippen LogP contribution is 2.62. The van der Waals surface area contributed by atoms with E-state index in [1.807, 2.05) is 18.2 Å². The average Bonchev–Trinajstić information content (AvgIpc) is 2.55. The SMILES string of the molecule is CCOC(=O)C(C#N)C1(Cc2ccccc2)CC2CCCCC21. The Balaban J connectivity index is 1.90. The largest absolute Gasteiger partial charge is 0.465 e. The molecule has 3 heteroatoms. The Kier molecular flexibility index (Phi) is 4.71. The normalized spacial score (nSPS) is 30.4. The second kappa shape index (κ2) is 6.74. The van der Waals surface area contributed by atoms with Gasteiger partial charge in [-0.2, -0.15) is 5.26 Å². The van der Waals surface area contributed by atoms with Crippen LogP contribution >= 0.6 is 0 Å². The van der Waals surface area contributed by atoms with E-state index in [1.54, 1.807) is 6.92 Å². The number of hydrogen-bond acceptors (Lipinski definition) is 3. The van der Waals surface area contributed by atoms with Crippen LogP contribution in [0, 0.1) is 34.5 Å². The Morgan fingerprint density at radius 2 is 2.09 bits per heavy atom. The molecule has 4 atom stereocenters. The summed E-state index contributed by atoms with van der Waals surface area (Å²) in [6.45, 7) is 2.15. The highest BCUT2D eigenvalue weighted by Gasteiger charge is 2.60. The summed E-state index contributed by atoms with van der Waals surface area (Å²) in [5.74, 6) is 0.222. The van der Waals surface area contributed by atoms with Crippen LogP contribution in [0.3, 0.4) is 0 Å². The number of carbonyl (C=O) groups excluding carboxylic acids is 1. The lowest BCUT2D eigenvalue weighted by Gasteiger charge is -2.59. The van der Waals surface area contributed by atoms with Crippen molar-refractivity contribution in [3.8, 4) is 6.07 Å². The first-order valence-corrected chi connectivity index (χ1v) is 8.81. The maximum Gasteiger partial charge on any atom is 0.323 e. The van der Waals surface area contributed by atoms with Crippen molar-refractivity contribution in [3.63, 3.8) is 0 Å². The first-order valence-electron chi connectivity index (χ1n) is 8.81. The van der Waals surface area contributed by atoms with Crippen LogP contribution in [0.4, 0.5) is 0 Å². The van der Waals surface area contributed by atoms with Gasteiger partial charge in [0.05, 0.1) is 12.7 Å². The molecule has 2 fully saturated rings. The molecule has 0 amide bonds. The number of ether oxygens (including phenoxy) is 1. The summed E-state index contributed by atoms with van der Waals surface area (Å²) >= 11 is 0. The number of nitriles is 1. The summed E-state index contributed by atoms with van der Waals surface area (Å²) in [6, 6.07) is 12.6. The van der Waals surface area contributed by atoms with E-state index in [0.717, 1.165) is 19.3 Å². The van der Waals surface area contributed by atoms with E-state index in [0.29, 0.717) is 18.4 Å². The molecule has 2 aliphatic carbocycles. The second-order valence-corrected chi connectivity index (χ2v) is 7.06. The Labute approximate surface area is 138 Å². The van der Waals surface area contributed by atoms with Crippen LogP contribution in [0.2, 0.25) is 0 Å². The third kappa shape index (κ3) is 2.87. The number of benzene rings is 1. The van der Waals surface area contributed by atoms with Crippen LogP contribution in [-0.4, -0.2) is 12.6 Å². The van der Waals surface area contributed by atoms with Crippen molar-refractivity contribution in [2.75, 3.05) is 6.61 Å². The summed E-state index contributed by atoms with van der Waals surface area (Å²) in [7, 11) is 0. The number of rotatable bonds is 5. The number of carbonyl (C=O) groups is 1. The van der Waals surface area contributed by atoms with E-state index in [2.05, 4.69) is 18.2 Å². The number of hydrogen-bond donors (Lipinski definition) is 0. The molecular formula is C20H25NO2. The fourth-order valence-electron chi connectivity index (χ4n) is 4.94. The number of fused-ring (bicyclic) bond motifs is 1. The summed E-state index contributed by atoms with van der Waals surface area (Å²) in [5, 5.41) is 9.74. The van der Waals surface area contributed by atoms with Crippen LogP contribution in [0.25, 0.3) is 0 Å². The molecule has 0 aliphatic heterocycles. The standard InChI is InChI=1S/C20H25NO2/c1-2-23-19(22)18(14-21)20(12-15-8-4-3-5-9-15)13-16-10-6-7-11-17(16)20/h3-5,8-9,16-18H,2,6-7,10-13H2,1H3. The summed E-state index contributed by atoms with van der Waals surface area (Å²) < 4.78 is 5.23. The fourth-order valence-corrected chi connectivity index (χ4v) is 4.94. The van der Waals surface area contributed by atoms with Gasteiger partial charge in [-0.05, 0) is 43.6 Å². The summed E-state index contributed by atoms with van der Waals surface area (Å²) in [5.41, 5.74) is 0.994. The van der Waals surface area contributed by atoms with Gasteiger partial charge in [-0.3, -0.25) is 4.79 Å². The van der Waals surface area contributed by atoms with E-state index in [9.17, 15) is 10.1 Å². The molecule has 0 bridgehead atoms. The van der Waals surface area contributed by atoms with Gasteiger partial charge in [-0.15, -0.1) is 0 Å². The molecule has 4 unspecified atom stereocenters. The van der Waals surface area contributed by atoms with E-state index >= 15 is 0 Å². The van der Waals surface area contributed by atoms with Crippen LogP contribution < -0.4 is 0 Å². The first-order chi connectivity index (χ1) is 11.2. The van der Waals surface area contributed by atoms with Crippen molar-refractivity contribution in [1.82, 2.24) is 0 Å². The van der Waals surface area contributed by atoms with Gasteiger partial charge in [0.15, 0.2) is 0 Å². The topological polar surface area (TPSA) is 50.1 Å². The van der Waals surface area contributed by atoms with Crippen molar-refractivity contribution in [2.45, 2.75) is 45.4 Å². The van der Waals surface area contributed by atoms with Crippen LogP contribution in [-0.2, 0) is 16.0 Å². The molecule has 122 valence electrons. The second-order valence-electron chi connectivity index (χ2n) is 7.06. The van der Waals surface area contributed by atoms with Gasteiger partial charge in [-0.1, -0.05) is 49.6 Å². The van der Waals surface area contributed by atoms with Gasteiger partial charge in [-0.25, -0.2) is 0 Å². The third-order valence-electron chi connectivity index (χ3n) is 5.89. The third-order valence-corrected chi connectivity index (χ3v) is 5.89. The van der Waals surface area contributed by atoms with Gasteiger partial charge in [0.2, 0.25) is 0 Å². The molecule has 23 heavy (non-hydrogen) atoms. The Morgan fingerprint density at radius 1 is 1.35 bits per heavy atom. The molecular weight excluding hydrogens is 286 g/mol. The fraction of sp³-hybridized carbons (Fsp3) is 0.600. The van der Waals surface area contributed by atoms with E-state index in [4.69, 9.17) is 4.74 Å². The summed E-state index contributed by atoms with van der Waals surface area (Å²) in [4.78, 5) is 12.4. The van der Waals surface area contributed by atoms with Crippen molar-refractivity contribution in [3.05, 3.63) is 35.9 Å². The van der Waals surface area contributed by atoms with Crippen molar-refractivity contribution in [2.24, 2.45) is 23.2 Å². The van der Waals surface area contributed by atoms with Crippen molar-refractivity contribution >= 4 is 5.97 Å². The maximum absolute atomic E-state index is 12.4. The van der Waals surface area contributed by atoms with E-state index < -0.39 is 5.92 Å². The number of esters is 1. The van der Waals surface area contributed by atoms with Gasteiger partial charge in [0, 0.05) is 5.41 Å². The lowest BCUT2D eigenvalue weighted by molar-refractivity contribution is -0.164. The minimum Gasteiger partial charge on any atom is -0.465 e. The van der Waals surface area contributed by atoms with E-state index in [1.165, 1.54) is 24.8 Å². The first kappa shape index (κ1) is 16.1. The quantitative estimate of drug-likeness (QED) is 0.768. The molecule has 0 spiro atoms. The Bertz CT molecular complexity index is 591. The van der Waals surface area contributed by atoms with Gasteiger partial charge in [0.1, 0.15) is 5.92 Å². The highest BCUT2D eigenvalue weighted by molar-refractivity contribution is 5.76. The molecule has 2 saturated carbocycles. The molecule has 1 aromatic rings. The molecule has 0 radical (unpaired) electrons. The van der Waals surface area contributed by atoms with Crippen LogP contribution in [0.1, 0.15) is 44.6 Å². The minimum atomic E-state index is -0.637. The molecule has 0 aromatic heterocycles. The van der Waals surface area contributed by atoms with Crippen LogP contribution in [0.15, 0.2) is 30.3 Å². The van der Waals surface area contributed by atoms with Gasteiger partial charge in [0.25, 0.3) is 0 Å². The smallest absolute Gasteiger partial charge is 0.323 e. The minimum absolute atomic E-state index is 0.229. The molecule has 3 nitrogen and oxygen atoms in total. The summed E-state index contributed by atoms with van der Waals surface area (Å²) in [6.07, 6.45) is 6.71. The molecule has 0 heterocycles. The predicted molar refractivity (Wildman–Crippen MR) is 88.4 cm³/mol. The zero-order valence-corrected chi connectivity index (χ0v) is 13.8. The molecule has 2 aliphatic rings. The zero-order chi connectivity index (χ0) is 16.3. The number of nitrogens with zero attached hydrogens (tertiary/aromatic N) is 1. The van der Waals surface area contributed by atoms with Gasteiger partial charge < -0.3 is 4.74 Å².